The van der Waals surface area contributed by atoms with Gasteiger partial charge in [0, 0.05) is 30.0 Å². The highest BCUT2D eigenvalue weighted by molar-refractivity contribution is 7.80. The Morgan fingerprint density at radius 2 is 2.05 bits per heavy atom. The normalized spacial score (nSPS) is 10.5. The van der Waals surface area contributed by atoms with Crippen LogP contribution in [-0.2, 0) is 6.54 Å². The van der Waals surface area contributed by atoms with E-state index in [1.807, 2.05) is 42.9 Å². The van der Waals surface area contributed by atoms with Crippen molar-refractivity contribution in [2.45, 2.75) is 26.8 Å². The first-order valence-corrected chi connectivity index (χ1v) is 8.12. The molecule has 0 atom stereocenters. The lowest BCUT2D eigenvalue weighted by Crippen LogP contribution is -2.29. The first-order chi connectivity index (χ1) is 10.5. The summed E-state index contributed by atoms with van der Waals surface area (Å²) in [5, 5.41) is 12.6. The summed E-state index contributed by atoms with van der Waals surface area (Å²) in [4.78, 5) is 0. The van der Waals surface area contributed by atoms with E-state index in [-0.39, 0.29) is 0 Å². The number of anilines is 1. The van der Waals surface area contributed by atoms with E-state index in [0.29, 0.717) is 10.1 Å². The largest absolute Gasteiger partial charge is 0.362 e. The number of hydrogen-bond acceptors (Lipinski definition) is 2. The molecule has 0 saturated carbocycles. The number of nitrogens with one attached hydrogen (secondary N) is 2. The second kappa shape index (κ2) is 7.81. The highest BCUT2D eigenvalue weighted by Crippen LogP contribution is 2.19. The molecule has 0 saturated heterocycles. The predicted octanol–water partition coefficient (Wildman–Crippen LogP) is 4.18. The Hall–Kier alpha value is -1.30. The zero-order valence-electron chi connectivity index (χ0n) is 12.5. The van der Waals surface area contributed by atoms with Crippen LogP contribution in [0.25, 0.3) is 0 Å². The second-order valence-corrected chi connectivity index (χ2v) is 6.25. The van der Waals surface area contributed by atoms with Crippen molar-refractivity contribution in [3.63, 3.8) is 0 Å². The van der Waals surface area contributed by atoms with Gasteiger partial charge in [-0.2, -0.15) is 5.10 Å². The van der Waals surface area contributed by atoms with Crippen LogP contribution in [0.3, 0.4) is 0 Å². The predicted molar refractivity (Wildman–Crippen MR) is 97.0 cm³/mol. The number of benzene rings is 1. The van der Waals surface area contributed by atoms with E-state index in [0.717, 1.165) is 41.5 Å². The smallest absolute Gasteiger partial charge is 0.170 e. The van der Waals surface area contributed by atoms with Crippen molar-refractivity contribution in [1.82, 2.24) is 15.1 Å². The summed E-state index contributed by atoms with van der Waals surface area (Å²) < 4.78 is 1.84. The van der Waals surface area contributed by atoms with Gasteiger partial charge in [-0.15, -0.1) is 0 Å². The Bertz CT molecular complexity index is 650. The van der Waals surface area contributed by atoms with Crippen molar-refractivity contribution in [3.05, 3.63) is 45.7 Å². The Morgan fingerprint density at radius 1 is 1.27 bits per heavy atom. The summed E-state index contributed by atoms with van der Waals surface area (Å²) in [5.41, 5.74) is 2.77. The van der Waals surface area contributed by atoms with Crippen LogP contribution in [-0.4, -0.2) is 21.4 Å². The van der Waals surface area contributed by atoms with Crippen molar-refractivity contribution in [2.75, 3.05) is 11.9 Å². The lowest BCUT2D eigenvalue weighted by molar-refractivity contribution is 0.570. The molecule has 2 aromatic rings. The van der Waals surface area contributed by atoms with Crippen LogP contribution in [0.1, 0.15) is 17.7 Å². The number of hydrogen-bond donors (Lipinski definition) is 2. The topological polar surface area (TPSA) is 41.9 Å². The summed E-state index contributed by atoms with van der Waals surface area (Å²) in [7, 11) is 0. The number of nitrogens with zero attached hydrogens (tertiary/aromatic N) is 2. The molecular weight excluding hydrogens is 339 g/mol. The molecule has 0 bridgehead atoms. The monoisotopic (exact) mass is 356 g/mol. The standard InChI is InChI=1S/C15H18Cl2N4S/c1-10-4-5-12(8-13(10)16)19-15(22)18-6-3-7-21-9-14(17)11(2)20-21/h4-5,8-9H,3,6-7H2,1-2H3,(H2,18,19,22). The van der Waals surface area contributed by atoms with Crippen molar-refractivity contribution in [1.29, 1.82) is 0 Å². The lowest BCUT2D eigenvalue weighted by atomic mass is 10.2. The minimum absolute atomic E-state index is 0.578. The van der Waals surface area contributed by atoms with Crippen LogP contribution < -0.4 is 10.6 Å². The van der Waals surface area contributed by atoms with Gasteiger partial charge in [0.25, 0.3) is 0 Å². The molecule has 2 rings (SSSR count). The molecule has 0 amide bonds. The average Bonchev–Trinajstić information content (AvgIpc) is 2.78. The molecule has 0 spiro atoms. The van der Waals surface area contributed by atoms with Gasteiger partial charge in [-0.1, -0.05) is 29.3 Å². The van der Waals surface area contributed by atoms with Crippen molar-refractivity contribution < 1.29 is 0 Å². The minimum Gasteiger partial charge on any atom is -0.362 e. The van der Waals surface area contributed by atoms with Crippen LogP contribution in [0.2, 0.25) is 10.0 Å². The molecule has 0 aliphatic heterocycles. The van der Waals surface area contributed by atoms with Crippen molar-refractivity contribution >= 4 is 46.2 Å². The molecule has 0 unspecified atom stereocenters. The van der Waals surface area contributed by atoms with Crippen molar-refractivity contribution in [2.24, 2.45) is 0 Å². The molecule has 4 nitrogen and oxygen atoms in total. The zero-order valence-corrected chi connectivity index (χ0v) is 14.8. The summed E-state index contributed by atoms with van der Waals surface area (Å²) >= 11 is 17.3. The third kappa shape index (κ3) is 4.87. The Kier molecular flexibility index (Phi) is 6.06. The van der Waals surface area contributed by atoms with Gasteiger partial charge in [-0.3, -0.25) is 4.68 Å². The van der Waals surface area contributed by atoms with Crippen LogP contribution in [0.4, 0.5) is 5.69 Å². The van der Waals surface area contributed by atoms with E-state index in [1.165, 1.54) is 0 Å². The number of aryl methyl sites for hydroxylation is 3. The molecule has 0 fully saturated rings. The zero-order chi connectivity index (χ0) is 16.1. The maximum Gasteiger partial charge on any atom is 0.170 e. The highest BCUT2D eigenvalue weighted by atomic mass is 35.5. The summed E-state index contributed by atoms with van der Waals surface area (Å²) in [5.74, 6) is 0. The first kappa shape index (κ1) is 17.1. The third-order valence-electron chi connectivity index (χ3n) is 3.17. The molecule has 118 valence electrons. The van der Waals surface area contributed by atoms with Crippen molar-refractivity contribution in [3.8, 4) is 0 Å². The summed E-state index contributed by atoms with van der Waals surface area (Å²) in [6, 6.07) is 5.76. The average molecular weight is 357 g/mol. The van der Waals surface area contributed by atoms with Crippen LogP contribution in [0, 0.1) is 13.8 Å². The Morgan fingerprint density at radius 3 is 2.68 bits per heavy atom. The van der Waals surface area contributed by atoms with E-state index < -0.39 is 0 Å². The number of thiocarbonyl (C=S) groups is 1. The molecule has 7 heteroatoms. The quantitative estimate of drug-likeness (QED) is 0.622. The Labute approximate surface area is 145 Å². The number of rotatable bonds is 5. The fraction of sp³-hybridized carbons (Fsp3) is 0.333. The Balaban J connectivity index is 1.72. The van der Waals surface area contributed by atoms with E-state index >= 15 is 0 Å². The molecule has 1 aromatic heterocycles. The molecule has 0 aliphatic carbocycles. The van der Waals surface area contributed by atoms with E-state index in [2.05, 4.69) is 15.7 Å². The maximum atomic E-state index is 6.08. The number of aromatic nitrogens is 2. The third-order valence-corrected chi connectivity index (χ3v) is 4.19. The van der Waals surface area contributed by atoms with E-state index in [4.69, 9.17) is 35.4 Å². The fourth-order valence-corrected chi connectivity index (χ4v) is 2.45. The van der Waals surface area contributed by atoms with Gasteiger partial charge in [0.2, 0.25) is 0 Å². The first-order valence-electron chi connectivity index (χ1n) is 6.96. The van der Waals surface area contributed by atoms with Crippen LogP contribution >= 0.6 is 35.4 Å². The lowest BCUT2D eigenvalue weighted by Gasteiger charge is -2.11. The van der Waals surface area contributed by atoms with Gasteiger partial charge in [-0.05, 0) is 50.2 Å². The van der Waals surface area contributed by atoms with Crippen LogP contribution in [0.5, 0.6) is 0 Å². The fourth-order valence-electron chi connectivity index (χ4n) is 1.90. The number of halogens is 2. The molecule has 22 heavy (non-hydrogen) atoms. The maximum absolute atomic E-state index is 6.08. The minimum atomic E-state index is 0.578. The van der Waals surface area contributed by atoms with Gasteiger partial charge < -0.3 is 10.6 Å². The molecule has 1 aromatic carbocycles. The van der Waals surface area contributed by atoms with E-state index in [9.17, 15) is 0 Å². The second-order valence-electron chi connectivity index (χ2n) is 5.02. The van der Waals surface area contributed by atoms with Gasteiger partial charge in [0.1, 0.15) is 0 Å². The van der Waals surface area contributed by atoms with Gasteiger partial charge in [0.05, 0.1) is 10.7 Å². The molecule has 2 N–H and O–H groups in total. The van der Waals surface area contributed by atoms with Gasteiger partial charge in [0.15, 0.2) is 5.11 Å². The van der Waals surface area contributed by atoms with Crippen LogP contribution in [0.15, 0.2) is 24.4 Å². The molecule has 1 heterocycles. The highest BCUT2D eigenvalue weighted by Gasteiger charge is 2.02. The van der Waals surface area contributed by atoms with Gasteiger partial charge >= 0.3 is 0 Å². The summed E-state index contributed by atoms with van der Waals surface area (Å²) in [6.07, 6.45) is 2.73. The molecule has 0 radical (unpaired) electrons. The molecule has 0 aliphatic rings. The van der Waals surface area contributed by atoms with Gasteiger partial charge in [-0.25, -0.2) is 0 Å². The summed E-state index contributed by atoms with van der Waals surface area (Å²) in [6.45, 7) is 5.40. The van der Waals surface area contributed by atoms with E-state index in [1.54, 1.807) is 0 Å². The molecular formula is C15H18Cl2N4S. The SMILES string of the molecule is Cc1ccc(NC(=S)NCCCn2cc(Cl)c(C)n2)cc1Cl.